The van der Waals surface area contributed by atoms with E-state index in [0.717, 1.165) is 18.7 Å². The summed E-state index contributed by atoms with van der Waals surface area (Å²) in [5, 5.41) is 0. The minimum atomic E-state index is -0.767. The van der Waals surface area contributed by atoms with E-state index in [-0.39, 0.29) is 17.3 Å². The standard InChI is InChI=1S/C19H19NO5/c1-8-17(20-6-7-20)19(24)16-13(9(2)21)14-11(15(16)18(8)23)4-5-12(14)25-10(3)22/h12-13H,4-7H2,1-3H3. The summed E-state index contributed by atoms with van der Waals surface area (Å²) in [4.78, 5) is 51.8. The lowest BCUT2D eigenvalue weighted by Gasteiger charge is -2.25. The largest absolute Gasteiger partial charge is 0.458 e. The third-order valence-corrected chi connectivity index (χ3v) is 5.38. The van der Waals surface area contributed by atoms with Gasteiger partial charge in [0.05, 0.1) is 11.6 Å². The zero-order valence-electron chi connectivity index (χ0n) is 14.5. The highest BCUT2D eigenvalue weighted by Gasteiger charge is 2.52. The third-order valence-electron chi connectivity index (χ3n) is 5.38. The van der Waals surface area contributed by atoms with Crippen molar-refractivity contribution < 1.29 is 23.9 Å². The van der Waals surface area contributed by atoms with Crippen LogP contribution in [0.3, 0.4) is 0 Å². The maximum Gasteiger partial charge on any atom is 0.303 e. The molecular formula is C19H19NO5. The van der Waals surface area contributed by atoms with Crippen LogP contribution in [0.15, 0.2) is 33.6 Å². The molecule has 130 valence electrons. The molecule has 0 radical (unpaired) electrons. The van der Waals surface area contributed by atoms with E-state index in [1.807, 2.05) is 4.90 Å². The Labute approximate surface area is 145 Å². The van der Waals surface area contributed by atoms with Gasteiger partial charge >= 0.3 is 5.97 Å². The van der Waals surface area contributed by atoms with Crippen LogP contribution in [-0.4, -0.2) is 47.4 Å². The molecule has 1 heterocycles. The number of nitrogens with zero attached hydrogens (tertiary/aromatic N) is 1. The first-order valence-electron chi connectivity index (χ1n) is 8.53. The number of hydrogen-bond acceptors (Lipinski definition) is 6. The van der Waals surface area contributed by atoms with E-state index in [0.29, 0.717) is 40.8 Å². The van der Waals surface area contributed by atoms with Gasteiger partial charge in [0.15, 0.2) is 5.78 Å². The van der Waals surface area contributed by atoms with Crippen molar-refractivity contribution in [2.45, 2.75) is 39.7 Å². The Morgan fingerprint density at radius 3 is 2.36 bits per heavy atom. The van der Waals surface area contributed by atoms with Crippen LogP contribution in [0.5, 0.6) is 0 Å². The SMILES string of the molecule is CC(=O)OC1CCC2=C1C(C(C)=O)C1=C2C(=O)C(C)=C(N2CC2)C1=O. The Kier molecular flexibility index (Phi) is 3.36. The number of ether oxygens (including phenoxy) is 1. The summed E-state index contributed by atoms with van der Waals surface area (Å²) in [7, 11) is 0. The molecule has 25 heavy (non-hydrogen) atoms. The quantitative estimate of drug-likeness (QED) is 0.437. The normalized spacial score (nSPS) is 27.9. The van der Waals surface area contributed by atoms with Crippen molar-refractivity contribution in [1.29, 1.82) is 0 Å². The number of esters is 1. The van der Waals surface area contributed by atoms with Crippen LogP contribution in [0, 0.1) is 5.92 Å². The second-order valence-electron chi connectivity index (χ2n) is 7.02. The third kappa shape index (κ3) is 2.16. The van der Waals surface area contributed by atoms with Crippen LogP contribution in [-0.2, 0) is 23.9 Å². The lowest BCUT2D eigenvalue weighted by Crippen LogP contribution is -2.32. The molecule has 0 amide bonds. The first-order chi connectivity index (χ1) is 11.8. The fourth-order valence-corrected chi connectivity index (χ4v) is 4.36. The Bertz CT molecular complexity index is 853. The van der Waals surface area contributed by atoms with Crippen molar-refractivity contribution in [3.8, 4) is 0 Å². The monoisotopic (exact) mass is 341 g/mol. The van der Waals surface area contributed by atoms with Crippen molar-refractivity contribution >= 4 is 23.3 Å². The number of carbonyl (C=O) groups is 4. The number of Topliss-reactive ketones (excluding diaryl/α,β-unsaturated/α-hetero) is 3. The van der Waals surface area contributed by atoms with Crippen LogP contribution in [0.1, 0.15) is 33.6 Å². The van der Waals surface area contributed by atoms with Crippen LogP contribution >= 0.6 is 0 Å². The molecule has 0 saturated carbocycles. The van der Waals surface area contributed by atoms with Gasteiger partial charge in [-0.15, -0.1) is 0 Å². The van der Waals surface area contributed by atoms with E-state index < -0.39 is 18.0 Å². The number of allylic oxidation sites excluding steroid dienone is 4. The molecule has 1 fully saturated rings. The summed E-state index contributed by atoms with van der Waals surface area (Å²) >= 11 is 0. The summed E-state index contributed by atoms with van der Waals surface area (Å²) < 4.78 is 5.37. The minimum Gasteiger partial charge on any atom is -0.458 e. The molecule has 0 N–H and O–H groups in total. The molecule has 0 spiro atoms. The van der Waals surface area contributed by atoms with Gasteiger partial charge in [-0.2, -0.15) is 0 Å². The van der Waals surface area contributed by atoms with Gasteiger partial charge in [-0.05, 0) is 37.8 Å². The second-order valence-corrected chi connectivity index (χ2v) is 7.02. The van der Waals surface area contributed by atoms with Gasteiger partial charge in [0.2, 0.25) is 5.78 Å². The fraction of sp³-hybridized carbons (Fsp3) is 0.474. The van der Waals surface area contributed by atoms with Gasteiger partial charge in [-0.3, -0.25) is 19.2 Å². The van der Waals surface area contributed by atoms with Gasteiger partial charge in [0, 0.05) is 36.7 Å². The van der Waals surface area contributed by atoms with Crippen LogP contribution in [0.4, 0.5) is 0 Å². The molecule has 3 aliphatic carbocycles. The smallest absolute Gasteiger partial charge is 0.303 e. The predicted octanol–water partition coefficient (Wildman–Crippen LogP) is 1.27. The second kappa shape index (κ2) is 5.25. The number of fused-ring (bicyclic) bond motifs is 1. The van der Waals surface area contributed by atoms with Gasteiger partial charge in [-0.25, -0.2) is 0 Å². The first kappa shape index (κ1) is 16.0. The number of carbonyl (C=O) groups excluding carboxylic acids is 4. The van der Waals surface area contributed by atoms with E-state index >= 15 is 0 Å². The Morgan fingerprint density at radius 1 is 1.12 bits per heavy atom. The maximum absolute atomic E-state index is 13.1. The molecule has 6 nitrogen and oxygen atoms in total. The van der Waals surface area contributed by atoms with Gasteiger partial charge in [-0.1, -0.05) is 0 Å². The van der Waals surface area contributed by atoms with Crippen molar-refractivity contribution in [3.63, 3.8) is 0 Å². The van der Waals surface area contributed by atoms with E-state index in [1.54, 1.807) is 6.92 Å². The lowest BCUT2D eigenvalue weighted by molar-refractivity contribution is -0.145. The van der Waals surface area contributed by atoms with Crippen molar-refractivity contribution in [2.24, 2.45) is 5.92 Å². The molecule has 1 aliphatic heterocycles. The highest BCUT2D eigenvalue weighted by atomic mass is 16.5. The molecule has 6 heteroatoms. The summed E-state index contributed by atoms with van der Waals surface area (Å²) in [5.74, 6) is -1.78. The van der Waals surface area contributed by atoms with Gasteiger partial charge in [0.1, 0.15) is 11.9 Å². The molecular weight excluding hydrogens is 322 g/mol. The van der Waals surface area contributed by atoms with Gasteiger partial charge in [0.25, 0.3) is 0 Å². The Morgan fingerprint density at radius 2 is 1.80 bits per heavy atom. The van der Waals surface area contributed by atoms with Crippen molar-refractivity contribution in [2.75, 3.05) is 13.1 Å². The summed E-state index contributed by atoms with van der Waals surface area (Å²) in [6, 6.07) is 0. The summed E-state index contributed by atoms with van der Waals surface area (Å²) in [5.41, 5.74) is 2.96. The Balaban J connectivity index is 1.84. The first-order valence-corrected chi connectivity index (χ1v) is 8.53. The molecule has 0 bridgehead atoms. The zero-order valence-corrected chi connectivity index (χ0v) is 14.5. The predicted molar refractivity (Wildman–Crippen MR) is 87.3 cm³/mol. The van der Waals surface area contributed by atoms with Crippen LogP contribution < -0.4 is 0 Å². The highest BCUT2D eigenvalue weighted by molar-refractivity contribution is 6.29. The summed E-state index contributed by atoms with van der Waals surface area (Å²) in [6.45, 7) is 5.93. The molecule has 4 aliphatic rings. The maximum atomic E-state index is 13.1. The number of rotatable bonds is 3. The number of ketones is 3. The number of hydrogen-bond donors (Lipinski definition) is 0. The molecule has 1 saturated heterocycles. The van der Waals surface area contributed by atoms with E-state index in [2.05, 4.69) is 0 Å². The zero-order chi connectivity index (χ0) is 18.0. The topological polar surface area (TPSA) is 80.5 Å². The van der Waals surface area contributed by atoms with Crippen LogP contribution in [0.25, 0.3) is 0 Å². The summed E-state index contributed by atoms with van der Waals surface area (Å²) in [6.07, 6.45) is 0.563. The fourth-order valence-electron chi connectivity index (χ4n) is 4.36. The van der Waals surface area contributed by atoms with E-state index in [9.17, 15) is 19.2 Å². The average molecular weight is 341 g/mol. The van der Waals surface area contributed by atoms with Gasteiger partial charge < -0.3 is 9.64 Å². The molecule has 0 aromatic carbocycles. The molecule has 2 atom stereocenters. The highest BCUT2D eigenvalue weighted by Crippen LogP contribution is 2.51. The molecule has 0 aromatic heterocycles. The lowest BCUT2D eigenvalue weighted by atomic mass is 9.80. The molecule has 4 rings (SSSR count). The van der Waals surface area contributed by atoms with E-state index in [4.69, 9.17) is 4.74 Å². The minimum absolute atomic E-state index is 0.170. The van der Waals surface area contributed by atoms with Crippen LogP contribution in [0.2, 0.25) is 0 Å². The molecule has 0 aromatic rings. The van der Waals surface area contributed by atoms with Crippen molar-refractivity contribution in [1.82, 2.24) is 4.90 Å². The van der Waals surface area contributed by atoms with Crippen molar-refractivity contribution in [3.05, 3.63) is 33.6 Å². The average Bonchev–Trinajstić information content (AvgIpc) is 3.18. The Hall–Kier alpha value is -2.50. The van der Waals surface area contributed by atoms with E-state index in [1.165, 1.54) is 13.8 Å². The molecule has 2 unspecified atom stereocenters.